The van der Waals surface area contributed by atoms with Crippen LogP contribution in [-0.2, 0) is 9.53 Å². The minimum Gasteiger partial charge on any atom is -0.462 e. The summed E-state index contributed by atoms with van der Waals surface area (Å²) < 4.78 is 4.90. The van der Waals surface area contributed by atoms with Crippen molar-refractivity contribution in [1.82, 2.24) is 0 Å². The molecule has 1 aliphatic heterocycles. The van der Waals surface area contributed by atoms with Crippen molar-refractivity contribution in [2.75, 3.05) is 6.61 Å². The van der Waals surface area contributed by atoms with Crippen molar-refractivity contribution in [3.8, 4) is 0 Å². The first-order valence-electron chi connectivity index (χ1n) is 3.67. The van der Waals surface area contributed by atoms with Gasteiger partial charge in [-0.25, -0.2) is 4.79 Å². The molecule has 1 fully saturated rings. The van der Waals surface area contributed by atoms with Crippen LogP contribution in [0.15, 0.2) is 11.6 Å². The van der Waals surface area contributed by atoms with E-state index in [9.17, 15) is 4.79 Å². The van der Waals surface area contributed by atoms with E-state index in [-0.39, 0.29) is 5.97 Å². The molecule has 0 atom stereocenters. The quantitative estimate of drug-likeness (QED) is 0.378. The summed E-state index contributed by atoms with van der Waals surface area (Å²) in [6.45, 7) is 2.47. The standard InChI is InChI=1S/C8H12O2/c1-2-7-5-3-4-6-10-8(7)9/h2H,3-6H2,1H3. The Labute approximate surface area is 60.9 Å². The molecule has 0 N–H and O–H groups in total. The van der Waals surface area contributed by atoms with Crippen molar-refractivity contribution >= 4 is 5.97 Å². The van der Waals surface area contributed by atoms with Gasteiger partial charge in [-0.1, -0.05) is 6.08 Å². The minimum absolute atomic E-state index is 0.125. The highest BCUT2D eigenvalue weighted by molar-refractivity contribution is 5.88. The third-order valence-corrected chi connectivity index (χ3v) is 1.68. The van der Waals surface area contributed by atoms with Crippen LogP contribution in [0.2, 0.25) is 0 Å². The normalized spacial score (nSPS) is 24.1. The van der Waals surface area contributed by atoms with Crippen molar-refractivity contribution in [1.29, 1.82) is 0 Å². The first-order valence-corrected chi connectivity index (χ1v) is 3.67. The zero-order chi connectivity index (χ0) is 7.40. The van der Waals surface area contributed by atoms with E-state index in [1.807, 2.05) is 13.0 Å². The minimum atomic E-state index is -0.125. The van der Waals surface area contributed by atoms with Crippen LogP contribution >= 0.6 is 0 Å². The van der Waals surface area contributed by atoms with E-state index in [1.165, 1.54) is 0 Å². The van der Waals surface area contributed by atoms with E-state index >= 15 is 0 Å². The Bertz CT molecular complexity index is 159. The molecule has 0 radical (unpaired) electrons. The van der Waals surface area contributed by atoms with Crippen LogP contribution in [0, 0.1) is 0 Å². The fourth-order valence-electron chi connectivity index (χ4n) is 1.04. The largest absolute Gasteiger partial charge is 0.462 e. The van der Waals surface area contributed by atoms with Crippen LogP contribution in [0.25, 0.3) is 0 Å². The molecule has 0 unspecified atom stereocenters. The third-order valence-electron chi connectivity index (χ3n) is 1.68. The fourth-order valence-corrected chi connectivity index (χ4v) is 1.04. The molecule has 0 amide bonds. The lowest BCUT2D eigenvalue weighted by Gasteiger charge is -1.98. The molecular formula is C8H12O2. The third kappa shape index (κ3) is 1.59. The second kappa shape index (κ2) is 3.40. The number of hydrogen-bond donors (Lipinski definition) is 0. The molecule has 1 heterocycles. The van der Waals surface area contributed by atoms with Gasteiger partial charge in [0.05, 0.1) is 6.61 Å². The molecule has 1 aliphatic rings. The van der Waals surface area contributed by atoms with E-state index in [4.69, 9.17) is 4.74 Å². The zero-order valence-corrected chi connectivity index (χ0v) is 6.22. The monoisotopic (exact) mass is 140 g/mol. The Morgan fingerprint density at radius 3 is 3.00 bits per heavy atom. The van der Waals surface area contributed by atoms with Crippen LogP contribution in [0.5, 0.6) is 0 Å². The van der Waals surface area contributed by atoms with Crippen molar-refractivity contribution in [3.05, 3.63) is 11.6 Å². The molecule has 0 saturated carbocycles. The number of allylic oxidation sites excluding steroid dienone is 1. The molecular weight excluding hydrogens is 128 g/mol. The SMILES string of the molecule is CC=C1CCCCOC1=O. The number of esters is 1. The second-order valence-corrected chi connectivity index (χ2v) is 2.41. The summed E-state index contributed by atoms with van der Waals surface area (Å²) in [6, 6.07) is 0. The second-order valence-electron chi connectivity index (χ2n) is 2.41. The van der Waals surface area contributed by atoms with Crippen molar-refractivity contribution in [2.24, 2.45) is 0 Å². The van der Waals surface area contributed by atoms with Crippen LogP contribution in [-0.4, -0.2) is 12.6 Å². The Hall–Kier alpha value is -0.790. The molecule has 1 saturated heterocycles. The van der Waals surface area contributed by atoms with Crippen molar-refractivity contribution in [2.45, 2.75) is 26.2 Å². The maximum Gasteiger partial charge on any atom is 0.333 e. The summed E-state index contributed by atoms with van der Waals surface area (Å²) in [6.07, 6.45) is 4.80. The maximum absolute atomic E-state index is 11.0. The van der Waals surface area contributed by atoms with Gasteiger partial charge in [0.1, 0.15) is 0 Å². The number of cyclic esters (lactones) is 1. The Balaban J connectivity index is 2.61. The van der Waals surface area contributed by atoms with Crippen molar-refractivity contribution < 1.29 is 9.53 Å². The lowest BCUT2D eigenvalue weighted by molar-refractivity contribution is -0.138. The van der Waals surface area contributed by atoms with Gasteiger partial charge < -0.3 is 4.74 Å². The van der Waals surface area contributed by atoms with Gasteiger partial charge in [0.2, 0.25) is 0 Å². The van der Waals surface area contributed by atoms with Crippen LogP contribution < -0.4 is 0 Å². The smallest absolute Gasteiger partial charge is 0.333 e. The lowest BCUT2D eigenvalue weighted by atomic mass is 10.1. The lowest BCUT2D eigenvalue weighted by Crippen LogP contribution is -2.04. The van der Waals surface area contributed by atoms with Crippen LogP contribution in [0.3, 0.4) is 0 Å². The van der Waals surface area contributed by atoms with E-state index < -0.39 is 0 Å². The average Bonchev–Trinajstić information content (AvgIpc) is 2.13. The molecule has 0 aromatic rings. The number of rotatable bonds is 0. The Kier molecular flexibility index (Phi) is 2.49. The molecule has 56 valence electrons. The van der Waals surface area contributed by atoms with Crippen molar-refractivity contribution in [3.63, 3.8) is 0 Å². The summed E-state index contributed by atoms with van der Waals surface area (Å²) >= 11 is 0. The number of carbonyl (C=O) groups excluding carboxylic acids is 1. The highest BCUT2D eigenvalue weighted by atomic mass is 16.5. The molecule has 0 spiro atoms. The van der Waals surface area contributed by atoms with E-state index in [0.717, 1.165) is 24.8 Å². The number of ether oxygens (including phenoxy) is 1. The van der Waals surface area contributed by atoms with Gasteiger partial charge in [-0.3, -0.25) is 0 Å². The van der Waals surface area contributed by atoms with Gasteiger partial charge in [-0.2, -0.15) is 0 Å². The Morgan fingerprint density at radius 1 is 1.50 bits per heavy atom. The average molecular weight is 140 g/mol. The molecule has 0 aromatic carbocycles. The van der Waals surface area contributed by atoms with E-state index in [2.05, 4.69) is 0 Å². The van der Waals surface area contributed by atoms with Crippen LogP contribution in [0.1, 0.15) is 26.2 Å². The molecule has 1 rings (SSSR count). The molecule has 2 heteroatoms. The molecule has 0 bridgehead atoms. The van der Waals surface area contributed by atoms with Gasteiger partial charge in [-0.05, 0) is 26.2 Å². The predicted molar refractivity (Wildman–Crippen MR) is 38.6 cm³/mol. The predicted octanol–water partition coefficient (Wildman–Crippen LogP) is 1.66. The molecule has 0 aromatic heterocycles. The van der Waals surface area contributed by atoms with Gasteiger partial charge in [0.25, 0.3) is 0 Å². The zero-order valence-electron chi connectivity index (χ0n) is 6.22. The fraction of sp³-hybridized carbons (Fsp3) is 0.625. The maximum atomic E-state index is 11.0. The van der Waals surface area contributed by atoms with Gasteiger partial charge in [0, 0.05) is 5.57 Å². The summed E-state index contributed by atoms with van der Waals surface area (Å²) in [5.74, 6) is -0.125. The summed E-state index contributed by atoms with van der Waals surface area (Å²) in [5.41, 5.74) is 0.831. The summed E-state index contributed by atoms with van der Waals surface area (Å²) in [5, 5.41) is 0. The van der Waals surface area contributed by atoms with E-state index in [1.54, 1.807) is 0 Å². The highest BCUT2D eigenvalue weighted by Gasteiger charge is 2.12. The first kappa shape index (κ1) is 7.32. The van der Waals surface area contributed by atoms with Gasteiger partial charge in [0.15, 0.2) is 0 Å². The van der Waals surface area contributed by atoms with Crippen LogP contribution in [0.4, 0.5) is 0 Å². The first-order chi connectivity index (χ1) is 4.84. The molecule has 10 heavy (non-hydrogen) atoms. The Morgan fingerprint density at radius 2 is 2.30 bits per heavy atom. The topological polar surface area (TPSA) is 26.3 Å². The number of carbonyl (C=O) groups is 1. The molecule has 2 nitrogen and oxygen atoms in total. The summed E-state index contributed by atoms with van der Waals surface area (Å²) in [4.78, 5) is 11.0. The highest BCUT2D eigenvalue weighted by Crippen LogP contribution is 2.13. The van der Waals surface area contributed by atoms with Gasteiger partial charge >= 0.3 is 5.97 Å². The van der Waals surface area contributed by atoms with E-state index in [0.29, 0.717) is 6.61 Å². The molecule has 0 aliphatic carbocycles. The summed E-state index contributed by atoms with van der Waals surface area (Å²) in [7, 11) is 0. The van der Waals surface area contributed by atoms with Gasteiger partial charge in [-0.15, -0.1) is 0 Å². The number of hydrogen-bond acceptors (Lipinski definition) is 2.